The quantitative estimate of drug-likeness (QED) is 0.808. The maximum atomic E-state index is 9.59. The van der Waals surface area contributed by atoms with E-state index in [1.165, 1.54) is 0 Å². The van der Waals surface area contributed by atoms with Gasteiger partial charge >= 0.3 is 0 Å². The first-order valence-corrected chi connectivity index (χ1v) is 6.21. The molecule has 19 heavy (non-hydrogen) atoms. The van der Waals surface area contributed by atoms with Crippen LogP contribution in [0.15, 0.2) is 53.7 Å². The summed E-state index contributed by atoms with van der Waals surface area (Å²) in [6, 6.07) is 13.1. The summed E-state index contributed by atoms with van der Waals surface area (Å²) in [6.45, 7) is 2.65. The van der Waals surface area contributed by atoms with Crippen molar-refractivity contribution in [1.82, 2.24) is 4.98 Å². The number of hydrogen-bond donors (Lipinski definition) is 2. The topological polar surface area (TPSA) is 57.5 Å². The average molecular weight is 255 g/mol. The van der Waals surface area contributed by atoms with Gasteiger partial charge in [-0.2, -0.15) is 0 Å². The molecule has 98 valence electrons. The number of aromatic hydroxyl groups is 1. The minimum absolute atomic E-state index is 0.178. The van der Waals surface area contributed by atoms with Crippen LogP contribution >= 0.6 is 0 Å². The summed E-state index contributed by atoms with van der Waals surface area (Å²) < 4.78 is 0. The number of phenols is 1. The second-order valence-electron chi connectivity index (χ2n) is 4.31. The number of rotatable bonds is 5. The van der Waals surface area contributed by atoms with Crippen LogP contribution in [0.5, 0.6) is 5.75 Å². The SMILES string of the molecule is CC(CN=Cc1ccccc1O)Nc1ccccn1. The lowest BCUT2D eigenvalue weighted by atomic mass is 10.2. The van der Waals surface area contributed by atoms with Crippen LogP contribution < -0.4 is 5.32 Å². The van der Waals surface area contributed by atoms with Gasteiger partial charge in [-0.15, -0.1) is 0 Å². The molecule has 0 radical (unpaired) electrons. The van der Waals surface area contributed by atoms with Crippen molar-refractivity contribution < 1.29 is 5.11 Å². The Kier molecular flexibility index (Phi) is 4.50. The van der Waals surface area contributed by atoms with E-state index in [1.807, 2.05) is 37.3 Å². The molecule has 1 aromatic heterocycles. The lowest BCUT2D eigenvalue weighted by Crippen LogP contribution is -2.19. The molecule has 1 heterocycles. The number of phenolic OH excluding ortho intramolecular Hbond substituents is 1. The Morgan fingerprint density at radius 1 is 1.26 bits per heavy atom. The summed E-state index contributed by atoms with van der Waals surface area (Å²) >= 11 is 0. The van der Waals surface area contributed by atoms with Gasteiger partial charge in [-0.1, -0.05) is 18.2 Å². The molecule has 1 aromatic carbocycles. The number of benzene rings is 1. The summed E-state index contributed by atoms with van der Waals surface area (Å²) in [5, 5.41) is 12.8. The molecule has 2 aromatic rings. The molecular weight excluding hydrogens is 238 g/mol. The molecule has 4 nitrogen and oxygen atoms in total. The maximum absolute atomic E-state index is 9.59. The van der Waals surface area contributed by atoms with E-state index in [-0.39, 0.29) is 11.8 Å². The van der Waals surface area contributed by atoms with Gasteiger partial charge in [0, 0.05) is 24.0 Å². The standard InChI is InChI=1S/C15H17N3O/c1-12(18-15-8-4-5-9-17-15)10-16-11-13-6-2-3-7-14(13)19/h2-9,11-12,19H,10H2,1H3,(H,17,18). The van der Waals surface area contributed by atoms with Crippen LogP contribution in [-0.2, 0) is 0 Å². The molecule has 0 aliphatic carbocycles. The molecule has 0 aliphatic rings. The second kappa shape index (κ2) is 6.54. The van der Waals surface area contributed by atoms with E-state index in [4.69, 9.17) is 0 Å². The molecule has 0 saturated heterocycles. The van der Waals surface area contributed by atoms with Crippen LogP contribution in [-0.4, -0.2) is 28.9 Å². The summed E-state index contributed by atoms with van der Waals surface area (Å²) in [4.78, 5) is 8.52. The molecule has 0 saturated carbocycles. The van der Waals surface area contributed by atoms with Crippen LogP contribution in [0.25, 0.3) is 0 Å². The van der Waals surface area contributed by atoms with Gasteiger partial charge in [0.15, 0.2) is 0 Å². The molecule has 4 heteroatoms. The van der Waals surface area contributed by atoms with Crippen LogP contribution in [0.3, 0.4) is 0 Å². The van der Waals surface area contributed by atoms with E-state index in [1.54, 1.807) is 24.5 Å². The van der Waals surface area contributed by atoms with Gasteiger partial charge in [0.05, 0.1) is 6.54 Å². The van der Waals surface area contributed by atoms with Gasteiger partial charge in [-0.25, -0.2) is 4.98 Å². The number of nitrogens with zero attached hydrogens (tertiary/aromatic N) is 2. The zero-order valence-corrected chi connectivity index (χ0v) is 10.8. The van der Waals surface area contributed by atoms with Crippen LogP contribution in [0.2, 0.25) is 0 Å². The summed E-state index contributed by atoms with van der Waals surface area (Å²) in [5.41, 5.74) is 0.729. The number of aliphatic imine (C=N–C) groups is 1. The first-order valence-electron chi connectivity index (χ1n) is 6.21. The highest BCUT2D eigenvalue weighted by atomic mass is 16.3. The molecule has 0 aliphatic heterocycles. The Morgan fingerprint density at radius 3 is 2.79 bits per heavy atom. The van der Waals surface area contributed by atoms with Gasteiger partial charge < -0.3 is 10.4 Å². The summed E-state index contributed by atoms with van der Waals surface area (Å²) in [5.74, 6) is 1.09. The van der Waals surface area contributed by atoms with Crippen molar-refractivity contribution in [2.75, 3.05) is 11.9 Å². The number of pyridine rings is 1. The highest BCUT2D eigenvalue weighted by Gasteiger charge is 2.01. The summed E-state index contributed by atoms with van der Waals surface area (Å²) in [7, 11) is 0. The van der Waals surface area contributed by atoms with E-state index in [9.17, 15) is 5.11 Å². The monoisotopic (exact) mass is 255 g/mol. The van der Waals surface area contributed by atoms with Gasteiger partial charge in [0.1, 0.15) is 11.6 Å². The van der Waals surface area contributed by atoms with Crippen molar-refractivity contribution in [3.63, 3.8) is 0 Å². The maximum Gasteiger partial charge on any atom is 0.126 e. The van der Waals surface area contributed by atoms with E-state index >= 15 is 0 Å². The molecule has 0 amide bonds. The number of hydrogen-bond acceptors (Lipinski definition) is 4. The fourth-order valence-electron chi connectivity index (χ4n) is 1.65. The third kappa shape index (κ3) is 4.10. The summed E-state index contributed by atoms with van der Waals surface area (Å²) in [6.07, 6.45) is 3.44. The van der Waals surface area contributed by atoms with Crippen molar-refractivity contribution in [2.45, 2.75) is 13.0 Å². The van der Waals surface area contributed by atoms with E-state index < -0.39 is 0 Å². The largest absolute Gasteiger partial charge is 0.507 e. The molecule has 0 spiro atoms. The zero-order chi connectivity index (χ0) is 13.5. The predicted octanol–water partition coefficient (Wildman–Crippen LogP) is 2.71. The molecule has 1 atom stereocenters. The Bertz CT molecular complexity index is 540. The second-order valence-corrected chi connectivity index (χ2v) is 4.31. The highest BCUT2D eigenvalue weighted by molar-refractivity contribution is 5.83. The normalized spacial score (nSPS) is 12.5. The Morgan fingerprint density at radius 2 is 2.05 bits per heavy atom. The minimum Gasteiger partial charge on any atom is -0.507 e. The van der Waals surface area contributed by atoms with Crippen LogP contribution in [0, 0.1) is 0 Å². The zero-order valence-electron chi connectivity index (χ0n) is 10.8. The lowest BCUT2D eigenvalue weighted by molar-refractivity contribution is 0.474. The van der Waals surface area contributed by atoms with Gasteiger partial charge in [-0.05, 0) is 31.2 Å². The van der Waals surface area contributed by atoms with Gasteiger partial charge in [-0.3, -0.25) is 4.99 Å². The van der Waals surface area contributed by atoms with E-state index in [0.717, 1.165) is 11.4 Å². The molecule has 2 N–H and O–H groups in total. The predicted molar refractivity (Wildman–Crippen MR) is 77.9 cm³/mol. The number of para-hydroxylation sites is 1. The number of aromatic nitrogens is 1. The van der Waals surface area contributed by atoms with Crippen molar-refractivity contribution in [1.29, 1.82) is 0 Å². The average Bonchev–Trinajstić information content (AvgIpc) is 2.42. The molecule has 0 fully saturated rings. The number of nitrogens with one attached hydrogen (secondary N) is 1. The lowest BCUT2D eigenvalue weighted by Gasteiger charge is -2.11. The smallest absolute Gasteiger partial charge is 0.126 e. The fourth-order valence-corrected chi connectivity index (χ4v) is 1.65. The van der Waals surface area contributed by atoms with E-state index in [0.29, 0.717) is 6.54 Å². The number of anilines is 1. The van der Waals surface area contributed by atoms with Gasteiger partial charge in [0.25, 0.3) is 0 Å². The first kappa shape index (κ1) is 13.1. The third-order valence-electron chi connectivity index (χ3n) is 2.61. The fraction of sp³-hybridized carbons (Fsp3) is 0.200. The van der Waals surface area contributed by atoms with Crippen LogP contribution in [0.1, 0.15) is 12.5 Å². The van der Waals surface area contributed by atoms with Gasteiger partial charge in [0.2, 0.25) is 0 Å². The van der Waals surface area contributed by atoms with Crippen molar-refractivity contribution in [3.05, 3.63) is 54.2 Å². The molecular formula is C15H17N3O. The van der Waals surface area contributed by atoms with Crippen molar-refractivity contribution >= 4 is 12.0 Å². The third-order valence-corrected chi connectivity index (χ3v) is 2.61. The Hall–Kier alpha value is -2.36. The Labute approximate surface area is 112 Å². The highest BCUT2D eigenvalue weighted by Crippen LogP contribution is 2.12. The first-order chi connectivity index (χ1) is 9.25. The van der Waals surface area contributed by atoms with E-state index in [2.05, 4.69) is 15.3 Å². The Balaban J connectivity index is 1.87. The van der Waals surface area contributed by atoms with Crippen LogP contribution in [0.4, 0.5) is 5.82 Å². The molecule has 0 bridgehead atoms. The van der Waals surface area contributed by atoms with Crippen molar-refractivity contribution in [3.8, 4) is 5.75 Å². The minimum atomic E-state index is 0.178. The van der Waals surface area contributed by atoms with Crippen molar-refractivity contribution in [2.24, 2.45) is 4.99 Å². The molecule has 2 rings (SSSR count). The molecule has 1 unspecified atom stereocenters.